The van der Waals surface area contributed by atoms with Crippen LogP contribution in [-0.2, 0) is 4.79 Å². The minimum atomic E-state index is 0.0817. The molecule has 1 aromatic carbocycles. The summed E-state index contributed by atoms with van der Waals surface area (Å²) < 4.78 is 0. The van der Waals surface area contributed by atoms with Crippen molar-refractivity contribution in [1.29, 1.82) is 5.26 Å². The molecule has 1 aliphatic rings. The second kappa shape index (κ2) is 4.18. The van der Waals surface area contributed by atoms with Crippen molar-refractivity contribution in [3.05, 3.63) is 29.3 Å². The topological polar surface area (TPSA) is 44.1 Å². The van der Waals surface area contributed by atoms with E-state index in [9.17, 15) is 4.79 Å². The standard InChI is InChI=1S/C12H12N2OS/c1-8-2-3-9(6-13)4-11(8)14-7-10(16)5-12(14)15/h2-4,10,16H,5,7H2,1H3. The molecule has 0 saturated carbocycles. The molecule has 1 aliphatic heterocycles. The highest BCUT2D eigenvalue weighted by atomic mass is 32.1. The van der Waals surface area contributed by atoms with E-state index < -0.39 is 0 Å². The molecule has 0 aromatic heterocycles. The molecule has 82 valence electrons. The minimum absolute atomic E-state index is 0.0817. The van der Waals surface area contributed by atoms with Crippen molar-refractivity contribution in [1.82, 2.24) is 0 Å². The van der Waals surface area contributed by atoms with E-state index in [4.69, 9.17) is 5.26 Å². The van der Waals surface area contributed by atoms with Crippen molar-refractivity contribution in [2.24, 2.45) is 0 Å². The van der Waals surface area contributed by atoms with E-state index in [2.05, 4.69) is 18.7 Å². The molecule has 16 heavy (non-hydrogen) atoms. The van der Waals surface area contributed by atoms with Gasteiger partial charge in [0.1, 0.15) is 0 Å². The second-order valence-electron chi connectivity index (χ2n) is 3.98. The Hall–Kier alpha value is -1.47. The van der Waals surface area contributed by atoms with E-state index in [0.29, 0.717) is 18.5 Å². The van der Waals surface area contributed by atoms with E-state index in [0.717, 1.165) is 11.3 Å². The van der Waals surface area contributed by atoms with Gasteiger partial charge in [0.15, 0.2) is 0 Å². The van der Waals surface area contributed by atoms with Crippen LogP contribution in [-0.4, -0.2) is 17.7 Å². The number of nitriles is 1. The van der Waals surface area contributed by atoms with E-state index in [1.165, 1.54) is 0 Å². The number of aryl methyl sites for hydroxylation is 1. The van der Waals surface area contributed by atoms with Gasteiger partial charge in [-0.1, -0.05) is 6.07 Å². The quantitative estimate of drug-likeness (QED) is 0.752. The van der Waals surface area contributed by atoms with Gasteiger partial charge in [-0.2, -0.15) is 17.9 Å². The van der Waals surface area contributed by atoms with Crippen LogP contribution in [0.15, 0.2) is 18.2 Å². The molecule has 0 aliphatic carbocycles. The largest absolute Gasteiger partial charge is 0.311 e. The number of hydrogen-bond donors (Lipinski definition) is 1. The Balaban J connectivity index is 2.40. The average Bonchev–Trinajstić information content (AvgIpc) is 2.58. The molecule has 1 amide bonds. The molecule has 0 N–H and O–H groups in total. The van der Waals surface area contributed by atoms with Crippen molar-refractivity contribution in [3.8, 4) is 6.07 Å². The average molecular weight is 232 g/mol. The zero-order valence-electron chi connectivity index (χ0n) is 8.97. The maximum atomic E-state index is 11.7. The summed E-state index contributed by atoms with van der Waals surface area (Å²) in [4.78, 5) is 13.4. The normalized spacial score (nSPS) is 19.9. The molecule has 1 unspecified atom stereocenters. The minimum Gasteiger partial charge on any atom is -0.311 e. The van der Waals surface area contributed by atoms with E-state index >= 15 is 0 Å². The molecule has 2 rings (SSSR count). The third-order valence-electron chi connectivity index (χ3n) is 2.73. The van der Waals surface area contributed by atoms with Gasteiger partial charge < -0.3 is 4.90 Å². The third kappa shape index (κ3) is 1.91. The fourth-order valence-electron chi connectivity index (χ4n) is 1.89. The number of nitrogens with zero attached hydrogens (tertiary/aromatic N) is 2. The van der Waals surface area contributed by atoms with Crippen molar-refractivity contribution in [3.63, 3.8) is 0 Å². The highest BCUT2D eigenvalue weighted by molar-refractivity contribution is 7.81. The van der Waals surface area contributed by atoms with Gasteiger partial charge in [-0.15, -0.1) is 0 Å². The summed E-state index contributed by atoms with van der Waals surface area (Å²) in [5.41, 5.74) is 2.42. The molecule has 0 bridgehead atoms. The highest BCUT2D eigenvalue weighted by Crippen LogP contribution is 2.27. The van der Waals surface area contributed by atoms with Crippen molar-refractivity contribution in [2.75, 3.05) is 11.4 Å². The van der Waals surface area contributed by atoms with Crippen LogP contribution in [0, 0.1) is 18.3 Å². The number of rotatable bonds is 1. The molecular formula is C12H12N2OS. The lowest BCUT2D eigenvalue weighted by atomic mass is 10.1. The van der Waals surface area contributed by atoms with E-state index in [1.807, 2.05) is 13.0 Å². The van der Waals surface area contributed by atoms with Crippen LogP contribution < -0.4 is 4.90 Å². The number of amides is 1. The molecule has 3 nitrogen and oxygen atoms in total. The Labute approximate surface area is 100 Å². The summed E-state index contributed by atoms with van der Waals surface area (Å²) in [6, 6.07) is 7.48. The number of carbonyl (C=O) groups excluding carboxylic acids is 1. The first-order chi connectivity index (χ1) is 7.61. The molecule has 4 heteroatoms. The Kier molecular flexibility index (Phi) is 2.88. The van der Waals surface area contributed by atoms with Crippen LogP contribution in [0.3, 0.4) is 0 Å². The maximum Gasteiger partial charge on any atom is 0.228 e. The van der Waals surface area contributed by atoms with Gasteiger partial charge >= 0.3 is 0 Å². The molecule has 1 atom stereocenters. The first-order valence-electron chi connectivity index (χ1n) is 5.11. The maximum absolute atomic E-state index is 11.7. The van der Waals surface area contributed by atoms with Gasteiger partial charge in [-0.3, -0.25) is 4.79 Å². The molecule has 1 fully saturated rings. The molecule has 0 radical (unpaired) electrons. The summed E-state index contributed by atoms with van der Waals surface area (Å²) >= 11 is 4.32. The monoisotopic (exact) mass is 232 g/mol. The Morgan fingerprint density at radius 2 is 2.31 bits per heavy atom. The van der Waals surface area contributed by atoms with Crippen LogP contribution in [0.4, 0.5) is 5.69 Å². The lowest BCUT2D eigenvalue weighted by Gasteiger charge is -2.18. The van der Waals surface area contributed by atoms with Gasteiger partial charge in [0, 0.05) is 23.9 Å². The lowest BCUT2D eigenvalue weighted by Crippen LogP contribution is -2.25. The Morgan fingerprint density at radius 1 is 1.56 bits per heavy atom. The van der Waals surface area contributed by atoms with Gasteiger partial charge in [-0.05, 0) is 24.6 Å². The predicted molar refractivity (Wildman–Crippen MR) is 65.6 cm³/mol. The summed E-state index contributed by atoms with van der Waals surface area (Å²) in [7, 11) is 0. The summed E-state index contributed by atoms with van der Waals surface area (Å²) in [6.45, 7) is 2.56. The molecule has 0 spiro atoms. The second-order valence-corrected chi connectivity index (χ2v) is 4.71. The van der Waals surface area contributed by atoms with Crippen molar-refractivity contribution in [2.45, 2.75) is 18.6 Å². The summed E-state index contributed by atoms with van der Waals surface area (Å²) in [5, 5.41) is 8.94. The van der Waals surface area contributed by atoms with Crippen molar-refractivity contribution >= 4 is 24.2 Å². The first-order valence-corrected chi connectivity index (χ1v) is 5.62. The molecule has 1 heterocycles. The number of anilines is 1. The van der Waals surface area contributed by atoms with Crippen molar-refractivity contribution < 1.29 is 4.79 Å². The highest BCUT2D eigenvalue weighted by Gasteiger charge is 2.29. The van der Waals surface area contributed by atoms with E-state index in [1.54, 1.807) is 17.0 Å². The molecule has 1 saturated heterocycles. The van der Waals surface area contributed by atoms with Crippen LogP contribution in [0.1, 0.15) is 17.5 Å². The lowest BCUT2D eigenvalue weighted by molar-refractivity contribution is -0.117. The summed E-state index contributed by atoms with van der Waals surface area (Å²) in [6.07, 6.45) is 0.472. The van der Waals surface area contributed by atoms with Crippen LogP contribution in [0.25, 0.3) is 0 Å². The zero-order chi connectivity index (χ0) is 11.7. The smallest absolute Gasteiger partial charge is 0.228 e. The third-order valence-corrected chi connectivity index (χ3v) is 3.08. The van der Waals surface area contributed by atoms with E-state index in [-0.39, 0.29) is 11.2 Å². The zero-order valence-corrected chi connectivity index (χ0v) is 9.87. The number of benzene rings is 1. The van der Waals surface area contributed by atoms with Crippen LogP contribution in [0.2, 0.25) is 0 Å². The van der Waals surface area contributed by atoms with Gasteiger partial charge in [0.25, 0.3) is 0 Å². The number of carbonyl (C=O) groups is 1. The predicted octanol–water partition coefficient (Wildman–Crippen LogP) is 1.90. The Bertz CT molecular complexity index is 478. The number of hydrogen-bond acceptors (Lipinski definition) is 3. The fourth-order valence-corrected chi connectivity index (χ4v) is 2.21. The van der Waals surface area contributed by atoms with Gasteiger partial charge in [0.2, 0.25) is 5.91 Å². The molecule has 1 aromatic rings. The van der Waals surface area contributed by atoms with Gasteiger partial charge in [0.05, 0.1) is 11.6 Å². The molecular weight excluding hydrogens is 220 g/mol. The number of thiol groups is 1. The Morgan fingerprint density at radius 3 is 2.88 bits per heavy atom. The van der Waals surface area contributed by atoms with Crippen LogP contribution in [0.5, 0.6) is 0 Å². The summed E-state index contributed by atoms with van der Waals surface area (Å²) in [5.74, 6) is 0.0817. The fraction of sp³-hybridized carbons (Fsp3) is 0.333. The first kappa shape index (κ1) is 11.0. The van der Waals surface area contributed by atoms with Crippen LogP contribution >= 0.6 is 12.6 Å². The SMILES string of the molecule is Cc1ccc(C#N)cc1N1CC(S)CC1=O. The van der Waals surface area contributed by atoms with Gasteiger partial charge in [-0.25, -0.2) is 0 Å².